The predicted molar refractivity (Wildman–Crippen MR) is 74.2 cm³/mol. The molecule has 0 bridgehead atoms. The van der Waals surface area contributed by atoms with Crippen LogP contribution in [-0.4, -0.2) is 36.6 Å². The number of likely N-dealkylation sites (tertiary alicyclic amines) is 1. The van der Waals surface area contributed by atoms with Gasteiger partial charge in [0.25, 0.3) is 0 Å². The molecule has 2 atom stereocenters. The van der Waals surface area contributed by atoms with Gasteiger partial charge in [-0.15, -0.1) is 0 Å². The summed E-state index contributed by atoms with van der Waals surface area (Å²) >= 11 is 0. The van der Waals surface area contributed by atoms with E-state index in [4.69, 9.17) is 0 Å². The third-order valence-corrected chi connectivity index (χ3v) is 5.16. The van der Waals surface area contributed by atoms with Crippen molar-refractivity contribution in [3.05, 3.63) is 0 Å². The molecule has 2 aliphatic rings. The summed E-state index contributed by atoms with van der Waals surface area (Å²) in [5.41, 5.74) is -0.259. The smallest absolute Gasteiger partial charge is 0.108 e. The SMILES string of the molecule is CCC1CCN(C2CCCC(C#N)(NC)C2)CC1. The first kappa shape index (κ1) is 13.8. The topological polar surface area (TPSA) is 39.1 Å². The quantitative estimate of drug-likeness (QED) is 0.835. The van der Waals surface area contributed by atoms with E-state index >= 15 is 0 Å². The van der Waals surface area contributed by atoms with Crippen molar-refractivity contribution in [2.75, 3.05) is 20.1 Å². The number of nitriles is 1. The Labute approximate surface area is 112 Å². The van der Waals surface area contributed by atoms with E-state index in [9.17, 15) is 5.26 Å². The van der Waals surface area contributed by atoms with Crippen molar-refractivity contribution in [3.8, 4) is 6.07 Å². The molecule has 2 rings (SSSR count). The summed E-state index contributed by atoms with van der Waals surface area (Å²) in [6.45, 7) is 4.80. The summed E-state index contributed by atoms with van der Waals surface area (Å²) in [6.07, 6.45) is 8.53. The minimum Gasteiger partial charge on any atom is -0.302 e. The second-order valence-corrected chi connectivity index (χ2v) is 6.08. The van der Waals surface area contributed by atoms with E-state index in [1.165, 1.54) is 45.2 Å². The third-order valence-electron chi connectivity index (χ3n) is 5.16. The zero-order valence-corrected chi connectivity index (χ0v) is 11.9. The van der Waals surface area contributed by atoms with E-state index in [-0.39, 0.29) is 5.54 Å². The van der Waals surface area contributed by atoms with Gasteiger partial charge >= 0.3 is 0 Å². The first-order valence-electron chi connectivity index (χ1n) is 7.57. The van der Waals surface area contributed by atoms with E-state index < -0.39 is 0 Å². The highest BCUT2D eigenvalue weighted by Gasteiger charge is 2.38. The molecule has 0 spiro atoms. The Balaban J connectivity index is 1.92. The molecular formula is C15H27N3. The van der Waals surface area contributed by atoms with Crippen LogP contribution in [0.15, 0.2) is 0 Å². The van der Waals surface area contributed by atoms with Crippen LogP contribution in [0.5, 0.6) is 0 Å². The van der Waals surface area contributed by atoms with Crippen molar-refractivity contribution >= 4 is 0 Å². The average Bonchev–Trinajstić information content (AvgIpc) is 2.47. The molecule has 1 saturated heterocycles. The summed E-state index contributed by atoms with van der Waals surface area (Å²) in [5, 5.41) is 12.7. The molecule has 1 saturated carbocycles. The fourth-order valence-electron chi connectivity index (χ4n) is 3.67. The molecular weight excluding hydrogens is 222 g/mol. The fourth-order valence-corrected chi connectivity index (χ4v) is 3.67. The van der Waals surface area contributed by atoms with Crippen LogP contribution in [0.25, 0.3) is 0 Å². The van der Waals surface area contributed by atoms with E-state index in [2.05, 4.69) is 23.2 Å². The minimum absolute atomic E-state index is 0.259. The molecule has 0 aromatic heterocycles. The lowest BCUT2D eigenvalue weighted by Crippen LogP contribution is -2.53. The average molecular weight is 249 g/mol. The van der Waals surface area contributed by atoms with Crippen LogP contribution in [0, 0.1) is 17.2 Å². The maximum atomic E-state index is 9.41. The molecule has 1 aliphatic carbocycles. The number of hydrogen-bond acceptors (Lipinski definition) is 3. The maximum Gasteiger partial charge on any atom is 0.108 e. The van der Waals surface area contributed by atoms with Crippen LogP contribution >= 0.6 is 0 Å². The normalized spacial score (nSPS) is 35.3. The number of nitrogens with one attached hydrogen (secondary N) is 1. The lowest BCUT2D eigenvalue weighted by Gasteiger charge is -2.43. The lowest BCUT2D eigenvalue weighted by molar-refractivity contribution is 0.0845. The molecule has 0 radical (unpaired) electrons. The van der Waals surface area contributed by atoms with Crippen LogP contribution in [0.3, 0.4) is 0 Å². The van der Waals surface area contributed by atoms with Crippen LogP contribution in [0.1, 0.15) is 51.9 Å². The van der Waals surface area contributed by atoms with Gasteiger partial charge in [0.15, 0.2) is 0 Å². The Morgan fingerprint density at radius 3 is 2.61 bits per heavy atom. The third kappa shape index (κ3) is 2.87. The van der Waals surface area contributed by atoms with Gasteiger partial charge in [-0.05, 0) is 64.6 Å². The Kier molecular flexibility index (Phi) is 4.64. The summed E-state index contributed by atoms with van der Waals surface area (Å²) in [6, 6.07) is 3.15. The van der Waals surface area contributed by atoms with Crippen molar-refractivity contribution in [2.24, 2.45) is 5.92 Å². The molecule has 3 nitrogen and oxygen atoms in total. The van der Waals surface area contributed by atoms with Crippen LogP contribution < -0.4 is 5.32 Å². The van der Waals surface area contributed by atoms with Gasteiger partial charge in [-0.3, -0.25) is 0 Å². The van der Waals surface area contributed by atoms with E-state index in [1.54, 1.807) is 0 Å². The molecule has 0 aromatic rings. The van der Waals surface area contributed by atoms with Gasteiger partial charge < -0.3 is 10.2 Å². The summed E-state index contributed by atoms with van der Waals surface area (Å²) in [5.74, 6) is 0.940. The van der Waals surface area contributed by atoms with Gasteiger partial charge in [0, 0.05) is 6.04 Å². The molecule has 1 N–H and O–H groups in total. The highest BCUT2D eigenvalue weighted by molar-refractivity contribution is 5.10. The second kappa shape index (κ2) is 6.04. The van der Waals surface area contributed by atoms with Crippen LogP contribution in [0.4, 0.5) is 0 Å². The molecule has 18 heavy (non-hydrogen) atoms. The predicted octanol–water partition coefficient (Wildman–Crippen LogP) is 2.53. The van der Waals surface area contributed by atoms with Gasteiger partial charge in [0.05, 0.1) is 6.07 Å². The standard InChI is InChI=1S/C15H27N3/c1-3-13-6-9-18(10-7-13)14-5-4-8-15(11-14,12-16)17-2/h13-14,17H,3-11H2,1-2H3. The first-order valence-corrected chi connectivity index (χ1v) is 7.57. The first-order chi connectivity index (χ1) is 8.73. The zero-order valence-electron chi connectivity index (χ0n) is 11.9. The Hall–Kier alpha value is -0.590. The highest BCUT2D eigenvalue weighted by atomic mass is 15.2. The van der Waals surface area contributed by atoms with E-state index in [0.29, 0.717) is 6.04 Å². The number of nitrogens with zero attached hydrogens (tertiary/aromatic N) is 2. The van der Waals surface area contributed by atoms with Crippen molar-refractivity contribution < 1.29 is 0 Å². The summed E-state index contributed by atoms with van der Waals surface area (Å²) < 4.78 is 0. The molecule has 2 unspecified atom stereocenters. The number of rotatable bonds is 3. The molecule has 3 heteroatoms. The van der Waals surface area contributed by atoms with Crippen molar-refractivity contribution in [1.82, 2.24) is 10.2 Å². The highest BCUT2D eigenvalue weighted by Crippen LogP contribution is 2.33. The lowest BCUT2D eigenvalue weighted by atomic mass is 9.78. The van der Waals surface area contributed by atoms with Crippen LogP contribution in [0.2, 0.25) is 0 Å². The maximum absolute atomic E-state index is 9.41. The minimum atomic E-state index is -0.259. The molecule has 0 aromatic carbocycles. The Bertz CT molecular complexity index is 301. The van der Waals surface area contributed by atoms with Crippen molar-refractivity contribution in [3.63, 3.8) is 0 Å². The Morgan fingerprint density at radius 2 is 2.06 bits per heavy atom. The van der Waals surface area contributed by atoms with Gasteiger partial charge in [0.2, 0.25) is 0 Å². The van der Waals surface area contributed by atoms with Gasteiger partial charge in [-0.25, -0.2) is 0 Å². The monoisotopic (exact) mass is 249 g/mol. The largest absolute Gasteiger partial charge is 0.302 e. The number of piperidine rings is 1. The fraction of sp³-hybridized carbons (Fsp3) is 0.933. The molecule has 1 aliphatic heterocycles. The van der Waals surface area contributed by atoms with Crippen molar-refractivity contribution in [2.45, 2.75) is 63.5 Å². The van der Waals surface area contributed by atoms with Crippen molar-refractivity contribution in [1.29, 1.82) is 5.26 Å². The second-order valence-electron chi connectivity index (χ2n) is 6.08. The van der Waals surface area contributed by atoms with Gasteiger partial charge in [-0.1, -0.05) is 13.3 Å². The molecule has 102 valence electrons. The summed E-state index contributed by atoms with van der Waals surface area (Å²) in [4.78, 5) is 2.65. The van der Waals surface area contributed by atoms with E-state index in [1.807, 2.05) is 7.05 Å². The van der Waals surface area contributed by atoms with Gasteiger partial charge in [0.1, 0.15) is 5.54 Å². The molecule has 2 fully saturated rings. The Morgan fingerprint density at radius 1 is 1.33 bits per heavy atom. The molecule has 0 amide bonds. The molecule has 1 heterocycles. The number of hydrogen-bond donors (Lipinski definition) is 1. The zero-order chi connectivity index (χ0) is 13.0. The summed E-state index contributed by atoms with van der Waals surface area (Å²) in [7, 11) is 1.94. The van der Waals surface area contributed by atoms with E-state index in [0.717, 1.165) is 18.8 Å². The van der Waals surface area contributed by atoms with Crippen LogP contribution in [-0.2, 0) is 0 Å². The van der Waals surface area contributed by atoms with Gasteiger partial charge in [-0.2, -0.15) is 5.26 Å².